The lowest BCUT2D eigenvalue weighted by molar-refractivity contribution is 0.626. The molecule has 0 saturated carbocycles. The highest BCUT2D eigenvalue weighted by molar-refractivity contribution is 9.08. The predicted octanol–water partition coefficient (Wildman–Crippen LogP) is 2.27. The minimum atomic E-state index is -1.99. The summed E-state index contributed by atoms with van der Waals surface area (Å²) in [6.45, 7) is 1.52. The van der Waals surface area contributed by atoms with Gasteiger partial charge in [-0.05, 0) is 13.0 Å². The highest BCUT2D eigenvalue weighted by Gasteiger charge is 2.09. The van der Waals surface area contributed by atoms with E-state index in [1.165, 1.54) is 19.1 Å². The molecule has 0 aliphatic rings. The minimum Gasteiger partial charge on any atom is -0.317 e. The van der Waals surface area contributed by atoms with Crippen LogP contribution in [0.1, 0.15) is 14.0 Å². The van der Waals surface area contributed by atoms with Crippen LogP contribution in [-0.2, 0) is 5.28 Å². The van der Waals surface area contributed by atoms with Crippen molar-refractivity contribution < 1.29 is 7.13 Å². The lowest BCUT2D eigenvalue weighted by Gasteiger charge is -2.03. The van der Waals surface area contributed by atoms with Crippen molar-refractivity contribution in [3.63, 3.8) is 0 Å². The molecule has 0 unspecified atom stereocenters. The number of aryl methyl sites for hydroxylation is 1. The Morgan fingerprint density at radius 3 is 3.07 bits per heavy atom. The van der Waals surface area contributed by atoms with E-state index in [-0.39, 0.29) is 16.8 Å². The third kappa shape index (κ3) is 1.67. The van der Waals surface area contributed by atoms with E-state index in [4.69, 9.17) is 2.74 Å². The maximum absolute atomic E-state index is 14.0. The van der Waals surface area contributed by atoms with Crippen LogP contribution >= 0.6 is 15.9 Å². The van der Waals surface area contributed by atoms with Crippen LogP contribution in [0, 0.1) is 12.7 Å². The summed E-state index contributed by atoms with van der Waals surface area (Å²) in [6.07, 6.45) is 0. The number of rotatable bonds is 1. The van der Waals surface area contributed by atoms with Gasteiger partial charge in [-0.1, -0.05) is 22.0 Å². The molecule has 15 heavy (non-hydrogen) atoms. The van der Waals surface area contributed by atoms with E-state index >= 15 is 0 Å². The maximum Gasteiger partial charge on any atom is 0.269 e. The van der Waals surface area contributed by atoms with Crippen molar-refractivity contribution in [2.75, 3.05) is 0 Å². The summed E-state index contributed by atoms with van der Waals surface area (Å²) in [5.74, 6) is -0.811. The van der Waals surface area contributed by atoms with Crippen LogP contribution < -0.4 is 5.56 Å². The molecule has 1 aromatic heterocycles. The predicted molar refractivity (Wildman–Crippen MR) is 59.7 cm³/mol. The van der Waals surface area contributed by atoms with Crippen molar-refractivity contribution in [1.29, 1.82) is 0 Å². The number of benzene rings is 1. The van der Waals surface area contributed by atoms with Crippen molar-refractivity contribution >= 4 is 27.0 Å². The van der Waals surface area contributed by atoms with Crippen LogP contribution in [0.5, 0.6) is 0 Å². The number of nitrogens with zero attached hydrogens (tertiary/aromatic N) is 1. The van der Waals surface area contributed by atoms with Crippen LogP contribution in [0.3, 0.4) is 0 Å². The van der Waals surface area contributed by atoms with Gasteiger partial charge in [0.25, 0.3) is 5.56 Å². The molecule has 0 amide bonds. The molecule has 1 N–H and O–H groups in total. The fourth-order valence-electron chi connectivity index (χ4n) is 1.29. The number of hydrogen-bond acceptors (Lipinski definition) is 2. The van der Waals surface area contributed by atoms with Crippen molar-refractivity contribution in [1.82, 2.24) is 9.97 Å². The molecule has 0 fully saturated rings. The molecular formula is C10H8BrFN2O. The molecule has 0 aliphatic heterocycles. The first-order valence-electron chi connectivity index (χ1n) is 5.19. The Morgan fingerprint density at radius 1 is 1.67 bits per heavy atom. The molecule has 5 heteroatoms. The van der Waals surface area contributed by atoms with Gasteiger partial charge >= 0.3 is 0 Å². The molecule has 2 rings (SSSR count). The Hall–Kier alpha value is -1.23. The van der Waals surface area contributed by atoms with Crippen molar-refractivity contribution in [3.05, 3.63) is 39.6 Å². The monoisotopic (exact) mass is 272 g/mol. The van der Waals surface area contributed by atoms with Crippen molar-refractivity contribution in [3.8, 4) is 0 Å². The van der Waals surface area contributed by atoms with Gasteiger partial charge in [-0.3, -0.25) is 4.79 Å². The van der Waals surface area contributed by atoms with Gasteiger partial charge in [0.05, 0.1) is 5.52 Å². The van der Waals surface area contributed by atoms with Crippen LogP contribution in [0.15, 0.2) is 16.9 Å². The second kappa shape index (κ2) is 3.73. The van der Waals surface area contributed by atoms with E-state index in [2.05, 4.69) is 25.9 Å². The number of aromatic nitrogens is 2. The topological polar surface area (TPSA) is 45.8 Å². The number of aromatic amines is 1. The van der Waals surface area contributed by atoms with E-state index in [0.29, 0.717) is 5.52 Å². The molecule has 0 radical (unpaired) electrons. The zero-order valence-corrected chi connectivity index (χ0v) is 9.35. The van der Waals surface area contributed by atoms with Gasteiger partial charge in [0.15, 0.2) is 5.82 Å². The molecule has 0 atom stereocenters. The molecule has 78 valence electrons. The second-order valence-corrected chi connectivity index (χ2v) is 3.46. The lowest BCUT2D eigenvalue weighted by atomic mass is 10.2. The summed E-state index contributed by atoms with van der Waals surface area (Å²) >= 11 is 2.74. The van der Waals surface area contributed by atoms with Gasteiger partial charge in [-0.15, -0.1) is 0 Å². The lowest BCUT2D eigenvalue weighted by Crippen LogP contribution is -2.12. The minimum absolute atomic E-state index is 0.0820. The van der Waals surface area contributed by atoms with Crippen LogP contribution in [-0.4, -0.2) is 9.97 Å². The normalized spacial score (nSPS) is 13.8. The smallest absolute Gasteiger partial charge is 0.269 e. The summed E-state index contributed by atoms with van der Waals surface area (Å²) in [4.78, 5) is 17.7. The van der Waals surface area contributed by atoms with Crippen molar-refractivity contribution in [2.24, 2.45) is 0 Å². The van der Waals surface area contributed by atoms with Crippen LogP contribution in [0.2, 0.25) is 0 Å². The van der Waals surface area contributed by atoms with E-state index in [1.54, 1.807) is 0 Å². The van der Waals surface area contributed by atoms with Gasteiger partial charge in [0.2, 0.25) is 0 Å². The second-order valence-electron chi connectivity index (χ2n) is 3.07. The fourth-order valence-corrected chi connectivity index (χ4v) is 1.59. The zero-order valence-electron chi connectivity index (χ0n) is 9.77. The van der Waals surface area contributed by atoms with Gasteiger partial charge in [-0.25, -0.2) is 9.37 Å². The van der Waals surface area contributed by atoms with E-state index in [0.717, 1.165) is 0 Å². The molecule has 0 bridgehead atoms. The molecular weight excluding hydrogens is 263 g/mol. The number of hydrogen-bond donors (Lipinski definition) is 1. The summed E-state index contributed by atoms with van der Waals surface area (Å²) in [5.41, 5.74) is -0.206. The van der Waals surface area contributed by atoms with Gasteiger partial charge < -0.3 is 4.98 Å². The van der Waals surface area contributed by atoms with Gasteiger partial charge in [-0.2, -0.15) is 0 Å². The molecule has 1 heterocycles. The van der Waals surface area contributed by atoms with E-state index in [9.17, 15) is 9.18 Å². The first-order chi connectivity index (χ1) is 7.80. The third-order valence-electron chi connectivity index (χ3n) is 2.08. The summed E-state index contributed by atoms with van der Waals surface area (Å²) in [6, 6.07) is 2.77. The zero-order chi connectivity index (χ0) is 12.8. The van der Waals surface area contributed by atoms with Crippen LogP contribution in [0.4, 0.5) is 4.39 Å². The Morgan fingerprint density at radius 2 is 2.40 bits per heavy atom. The largest absolute Gasteiger partial charge is 0.317 e. The number of fused-ring (bicyclic) bond motifs is 1. The average molecular weight is 273 g/mol. The highest BCUT2D eigenvalue weighted by Crippen LogP contribution is 2.18. The fraction of sp³-hybridized carbons (Fsp3) is 0.200. The number of nitrogens with one attached hydrogen (secondary N) is 1. The SMILES string of the molecule is [2H]C([2H])(Br)c1ccc2nc(C)c(=O)[nH]c2c1F. The summed E-state index contributed by atoms with van der Waals surface area (Å²) in [7, 11) is 0. The average Bonchev–Trinajstić information content (AvgIpc) is 2.19. The molecule has 0 spiro atoms. The van der Waals surface area contributed by atoms with Gasteiger partial charge in [0.1, 0.15) is 11.2 Å². The third-order valence-corrected chi connectivity index (χ3v) is 2.50. The maximum atomic E-state index is 14.0. The Bertz CT molecular complexity index is 651. The molecule has 2 aromatic rings. The Balaban J connectivity index is 2.85. The van der Waals surface area contributed by atoms with Crippen LogP contribution in [0.25, 0.3) is 11.0 Å². The van der Waals surface area contributed by atoms with Crippen molar-refractivity contribution in [2.45, 2.75) is 12.2 Å². The number of H-pyrrole nitrogens is 1. The summed E-state index contributed by atoms with van der Waals surface area (Å²) < 4.78 is 28.8. The highest BCUT2D eigenvalue weighted by atomic mass is 79.9. The standard InChI is InChI=1S/C10H8BrFN2O/c1-5-10(15)14-9-7(13-5)3-2-6(4-11)8(9)12/h2-3H,4H2,1H3,(H,14,15)/i4D2. The Kier molecular flexibility index (Phi) is 1.99. The van der Waals surface area contributed by atoms with Gasteiger partial charge in [0, 0.05) is 13.6 Å². The molecule has 0 aliphatic carbocycles. The van der Waals surface area contributed by atoms with E-state index in [1.807, 2.05) is 0 Å². The first kappa shape index (κ1) is 7.98. The Labute approximate surface area is 96.3 Å². The van der Waals surface area contributed by atoms with E-state index < -0.39 is 16.7 Å². The quantitative estimate of drug-likeness (QED) is 0.810. The molecule has 3 nitrogen and oxygen atoms in total. The molecule has 1 aromatic carbocycles. The number of halogens is 2. The summed E-state index contributed by atoms with van der Waals surface area (Å²) in [5, 5.41) is -1.99. The number of alkyl halides is 1. The first-order valence-corrected chi connectivity index (χ1v) is 4.98. The molecule has 0 saturated heterocycles.